The van der Waals surface area contributed by atoms with E-state index in [1.54, 1.807) is 0 Å². The summed E-state index contributed by atoms with van der Waals surface area (Å²) in [5.41, 5.74) is 4.01. The van der Waals surface area contributed by atoms with E-state index in [4.69, 9.17) is 0 Å². The quantitative estimate of drug-likeness (QED) is 0.883. The predicted molar refractivity (Wildman–Crippen MR) is 87.3 cm³/mol. The molecule has 3 heteroatoms. The summed E-state index contributed by atoms with van der Waals surface area (Å²) < 4.78 is 0. The molecule has 1 aromatic carbocycles. The Kier molecular flexibility index (Phi) is 4.38. The van der Waals surface area contributed by atoms with Crippen molar-refractivity contribution in [2.45, 2.75) is 32.9 Å². The number of thiophene rings is 1. The normalized spacial score (nSPS) is 15.7. The SMILES string of the molecule is Cc1ccsc1CNc1ccc(CN2CCCC2)cc1. The molecule has 1 aliphatic heterocycles. The number of benzene rings is 1. The van der Waals surface area contributed by atoms with Crippen LogP contribution < -0.4 is 5.32 Å². The van der Waals surface area contributed by atoms with Crippen LogP contribution in [0.2, 0.25) is 0 Å². The largest absolute Gasteiger partial charge is 0.380 e. The van der Waals surface area contributed by atoms with Gasteiger partial charge in [0.2, 0.25) is 0 Å². The lowest BCUT2D eigenvalue weighted by molar-refractivity contribution is 0.331. The Morgan fingerprint density at radius 1 is 1.10 bits per heavy atom. The lowest BCUT2D eigenvalue weighted by Crippen LogP contribution is -2.18. The number of aryl methyl sites for hydroxylation is 1. The van der Waals surface area contributed by atoms with Gasteiger partial charge in [-0.2, -0.15) is 0 Å². The molecule has 0 saturated carbocycles. The molecule has 0 spiro atoms. The summed E-state index contributed by atoms with van der Waals surface area (Å²) in [6.07, 6.45) is 2.72. The molecule has 2 heterocycles. The fourth-order valence-electron chi connectivity index (χ4n) is 2.69. The van der Waals surface area contributed by atoms with Gasteiger partial charge in [0.05, 0.1) is 0 Å². The highest BCUT2D eigenvalue weighted by Crippen LogP contribution is 2.19. The first-order valence-corrected chi connectivity index (χ1v) is 8.27. The smallest absolute Gasteiger partial charge is 0.0496 e. The highest BCUT2D eigenvalue weighted by molar-refractivity contribution is 7.10. The van der Waals surface area contributed by atoms with Crippen LogP contribution in [0.4, 0.5) is 5.69 Å². The first-order chi connectivity index (χ1) is 9.81. The number of likely N-dealkylation sites (tertiary alicyclic amines) is 1. The second-order valence-corrected chi connectivity index (χ2v) is 6.56. The van der Waals surface area contributed by atoms with Gasteiger partial charge in [-0.3, -0.25) is 4.90 Å². The van der Waals surface area contributed by atoms with Crippen molar-refractivity contribution in [2.24, 2.45) is 0 Å². The van der Waals surface area contributed by atoms with Gasteiger partial charge in [0.1, 0.15) is 0 Å². The number of hydrogen-bond donors (Lipinski definition) is 1. The van der Waals surface area contributed by atoms with E-state index < -0.39 is 0 Å². The second-order valence-electron chi connectivity index (χ2n) is 5.56. The Morgan fingerprint density at radius 3 is 2.50 bits per heavy atom. The molecule has 1 saturated heterocycles. The maximum atomic E-state index is 3.51. The molecule has 0 radical (unpaired) electrons. The van der Waals surface area contributed by atoms with Crippen molar-refractivity contribution in [1.82, 2.24) is 4.90 Å². The van der Waals surface area contributed by atoms with Crippen LogP contribution in [-0.4, -0.2) is 18.0 Å². The van der Waals surface area contributed by atoms with E-state index in [1.165, 1.54) is 47.6 Å². The highest BCUT2D eigenvalue weighted by atomic mass is 32.1. The van der Waals surface area contributed by atoms with E-state index in [0.717, 1.165) is 13.1 Å². The first kappa shape index (κ1) is 13.7. The third-order valence-corrected chi connectivity index (χ3v) is 5.00. The van der Waals surface area contributed by atoms with Gasteiger partial charge in [-0.05, 0) is 67.6 Å². The van der Waals surface area contributed by atoms with Crippen molar-refractivity contribution in [3.8, 4) is 0 Å². The molecule has 2 aromatic rings. The Bertz CT molecular complexity index is 538. The number of rotatable bonds is 5. The van der Waals surface area contributed by atoms with Crippen molar-refractivity contribution in [1.29, 1.82) is 0 Å². The Balaban J connectivity index is 1.54. The van der Waals surface area contributed by atoms with Gasteiger partial charge in [-0.1, -0.05) is 12.1 Å². The number of nitrogens with zero attached hydrogens (tertiary/aromatic N) is 1. The minimum absolute atomic E-state index is 0.926. The van der Waals surface area contributed by atoms with Gasteiger partial charge in [-0.25, -0.2) is 0 Å². The van der Waals surface area contributed by atoms with E-state index >= 15 is 0 Å². The molecule has 106 valence electrons. The van der Waals surface area contributed by atoms with Gasteiger partial charge in [-0.15, -0.1) is 11.3 Å². The van der Waals surface area contributed by atoms with Gasteiger partial charge in [0.15, 0.2) is 0 Å². The van der Waals surface area contributed by atoms with E-state index in [2.05, 4.69) is 52.9 Å². The Labute approximate surface area is 125 Å². The minimum Gasteiger partial charge on any atom is -0.380 e. The van der Waals surface area contributed by atoms with Crippen LogP contribution in [0.25, 0.3) is 0 Å². The lowest BCUT2D eigenvalue weighted by Gasteiger charge is -2.15. The summed E-state index contributed by atoms with van der Waals surface area (Å²) in [6.45, 7) is 6.72. The molecule has 0 atom stereocenters. The molecule has 3 rings (SSSR count). The van der Waals surface area contributed by atoms with Crippen LogP contribution in [0, 0.1) is 6.92 Å². The van der Waals surface area contributed by atoms with E-state index in [1.807, 2.05) is 11.3 Å². The maximum absolute atomic E-state index is 3.51. The number of hydrogen-bond acceptors (Lipinski definition) is 3. The maximum Gasteiger partial charge on any atom is 0.0496 e. The van der Waals surface area contributed by atoms with Crippen LogP contribution in [0.1, 0.15) is 28.8 Å². The molecule has 1 aliphatic rings. The summed E-state index contributed by atoms with van der Waals surface area (Å²) in [5, 5.41) is 5.66. The average Bonchev–Trinajstić information content (AvgIpc) is 3.10. The highest BCUT2D eigenvalue weighted by Gasteiger charge is 2.11. The van der Waals surface area contributed by atoms with Crippen molar-refractivity contribution in [3.05, 3.63) is 51.7 Å². The standard InChI is InChI=1S/C17H22N2S/c1-14-8-11-20-17(14)12-18-16-6-4-15(5-7-16)13-19-9-2-3-10-19/h4-8,11,18H,2-3,9-10,12-13H2,1H3. The molecule has 0 aliphatic carbocycles. The minimum atomic E-state index is 0.926. The third-order valence-electron chi connectivity index (χ3n) is 3.98. The summed E-state index contributed by atoms with van der Waals surface area (Å²) in [5.74, 6) is 0. The van der Waals surface area contributed by atoms with Crippen molar-refractivity contribution in [3.63, 3.8) is 0 Å². The molecule has 2 nitrogen and oxygen atoms in total. The van der Waals surface area contributed by atoms with Crippen LogP contribution in [-0.2, 0) is 13.1 Å². The lowest BCUT2D eigenvalue weighted by atomic mass is 10.2. The summed E-state index contributed by atoms with van der Waals surface area (Å²) in [6, 6.07) is 11.1. The number of nitrogens with one attached hydrogen (secondary N) is 1. The van der Waals surface area contributed by atoms with E-state index in [9.17, 15) is 0 Å². The fraction of sp³-hybridized carbons (Fsp3) is 0.412. The van der Waals surface area contributed by atoms with Crippen LogP contribution >= 0.6 is 11.3 Å². The summed E-state index contributed by atoms with van der Waals surface area (Å²) in [4.78, 5) is 3.96. The van der Waals surface area contributed by atoms with Gasteiger partial charge in [0.25, 0.3) is 0 Å². The molecule has 20 heavy (non-hydrogen) atoms. The number of anilines is 1. The molecular weight excluding hydrogens is 264 g/mol. The molecule has 1 N–H and O–H groups in total. The molecule has 0 unspecified atom stereocenters. The molecule has 0 bridgehead atoms. The van der Waals surface area contributed by atoms with Gasteiger partial charge in [0, 0.05) is 23.7 Å². The first-order valence-electron chi connectivity index (χ1n) is 7.39. The van der Waals surface area contributed by atoms with Crippen molar-refractivity contribution in [2.75, 3.05) is 18.4 Å². The second kappa shape index (κ2) is 6.42. The Morgan fingerprint density at radius 2 is 1.85 bits per heavy atom. The molecule has 1 aromatic heterocycles. The predicted octanol–water partition coefficient (Wildman–Crippen LogP) is 4.26. The van der Waals surface area contributed by atoms with Crippen LogP contribution in [0.5, 0.6) is 0 Å². The fourth-order valence-corrected chi connectivity index (χ4v) is 3.54. The van der Waals surface area contributed by atoms with Gasteiger partial charge >= 0.3 is 0 Å². The summed E-state index contributed by atoms with van der Waals surface area (Å²) >= 11 is 1.82. The van der Waals surface area contributed by atoms with Crippen LogP contribution in [0.3, 0.4) is 0 Å². The molecular formula is C17H22N2S. The van der Waals surface area contributed by atoms with Crippen molar-refractivity contribution < 1.29 is 0 Å². The van der Waals surface area contributed by atoms with Crippen LogP contribution in [0.15, 0.2) is 35.7 Å². The van der Waals surface area contributed by atoms with Gasteiger partial charge < -0.3 is 5.32 Å². The zero-order valence-corrected chi connectivity index (χ0v) is 12.9. The summed E-state index contributed by atoms with van der Waals surface area (Å²) in [7, 11) is 0. The zero-order chi connectivity index (χ0) is 13.8. The van der Waals surface area contributed by atoms with E-state index in [-0.39, 0.29) is 0 Å². The molecule has 0 amide bonds. The van der Waals surface area contributed by atoms with E-state index in [0.29, 0.717) is 0 Å². The van der Waals surface area contributed by atoms with Crippen molar-refractivity contribution >= 4 is 17.0 Å². The third kappa shape index (κ3) is 3.41. The molecule has 1 fully saturated rings. The monoisotopic (exact) mass is 286 g/mol. The average molecular weight is 286 g/mol. The Hall–Kier alpha value is -1.32. The zero-order valence-electron chi connectivity index (χ0n) is 12.1. The topological polar surface area (TPSA) is 15.3 Å².